The molecule has 5 nitrogen and oxygen atoms in total. The van der Waals surface area contributed by atoms with Crippen LogP contribution < -0.4 is 15.0 Å². The summed E-state index contributed by atoms with van der Waals surface area (Å²) in [5.41, 5.74) is 2.76. The van der Waals surface area contributed by atoms with Gasteiger partial charge in [0, 0.05) is 0 Å². The van der Waals surface area contributed by atoms with Crippen LogP contribution in [0.3, 0.4) is 0 Å². The number of anilines is 1. The number of benzene rings is 4. The highest BCUT2D eigenvalue weighted by Gasteiger charge is 2.35. The topological polar surface area (TPSA) is 58.6 Å². The summed E-state index contributed by atoms with van der Waals surface area (Å²) in [5.74, 6) is -0.505. The summed E-state index contributed by atoms with van der Waals surface area (Å²) in [6.45, 7) is 4.24. The van der Waals surface area contributed by atoms with Gasteiger partial charge in [0.05, 0.1) is 15.7 Å². The van der Waals surface area contributed by atoms with E-state index in [9.17, 15) is 9.59 Å². The van der Waals surface area contributed by atoms with Crippen molar-refractivity contribution in [2.24, 2.45) is 0 Å². The van der Waals surface area contributed by atoms with Gasteiger partial charge in [0.15, 0.2) is 5.11 Å². The van der Waals surface area contributed by atoms with Crippen LogP contribution in [-0.2, 0) is 22.6 Å². The molecule has 5 rings (SSSR count). The minimum absolute atomic E-state index is 0.0731. The Labute approximate surface area is 241 Å². The summed E-state index contributed by atoms with van der Waals surface area (Å²) >= 11 is 17.7. The maximum Gasteiger partial charge on any atom is 0.270 e. The van der Waals surface area contributed by atoms with Crippen molar-refractivity contribution in [1.29, 1.82) is 0 Å². The van der Waals surface area contributed by atoms with Gasteiger partial charge in [-0.15, -0.1) is 6.58 Å². The monoisotopic (exact) mass is 572 g/mol. The molecule has 4 aromatic rings. The van der Waals surface area contributed by atoms with Crippen molar-refractivity contribution in [3.05, 3.63) is 124 Å². The summed E-state index contributed by atoms with van der Waals surface area (Å²) in [7, 11) is 0. The van der Waals surface area contributed by atoms with E-state index in [2.05, 4.69) is 36.2 Å². The van der Waals surface area contributed by atoms with Gasteiger partial charge in [-0.25, -0.2) is 0 Å². The summed E-state index contributed by atoms with van der Waals surface area (Å²) in [5, 5.41) is 5.23. The van der Waals surface area contributed by atoms with Crippen molar-refractivity contribution in [3.63, 3.8) is 0 Å². The second-order valence-electron chi connectivity index (χ2n) is 8.86. The van der Waals surface area contributed by atoms with Crippen molar-refractivity contribution in [3.8, 4) is 5.75 Å². The van der Waals surface area contributed by atoms with E-state index in [-0.39, 0.29) is 26.4 Å². The molecule has 8 heteroatoms. The minimum Gasteiger partial charge on any atom is -0.489 e. The highest BCUT2D eigenvalue weighted by molar-refractivity contribution is 7.80. The third-order valence-corrected chi connectivity index (χ3v) is 7.34. The molecule has 0 atom stereocenters. The van der Waals surface area contributed by atoms with Crippen molar-refractivity contribution >= 4 is 74.9 Å². The summed E-state index contributed by atoms with van der Waals surface area (Å²) in [6.07, 6.45) is 3.83. The molecule has 194 valence electrons. The highest BCUT2D eigenvalue weighted by atomic mass is 35.5. The zero-order valence-corrected chi connectivity index (χ0v) is 22.9. The predicted molar refractivity (Wildman–Crippen MR) is 161 cm³/mol. The SMILES string of the molecule is C=CCc1cc(/C=C2\C(=O)NC(=S)N(c3cccc(Cl)c3Cl)C2=O)ccc1OCc1ccc2ccccc2c1. The van der Waals surface area contributed by atoms with E-state index in [0.29, 0.717) is 24.3 Å². The molecule has 1 fully saturated rings. The van der Waals surface area contributed by atoms with E-state index in [0.717, 1.165) is 16.5 Å². The van der Waals surface area contributed by atoms with Gasteiger partial charge in [-0.1, -0.05) is 77.8 Å². The second kappa shape index (κ2) is 11.4. The fourth-order valence-corrected chi connectivity index (χ4v) is 5.00. The van der Waals surface area contributed by atoms with Crippen LogP contribution in [0.15, 0.2) is 97.1 Å². The van der Waals surface area contributed by atoms with E-state index in [4.69, 9.17) is 40.2 Å². The first kappa shape index (κ1) is 26.6. The Morgan fingerprint density at radius 2 is 1.74 bits per heavy atom. The van der Waals surface area contributed by atoms with Gasteiger partial charge in [0.2, 0.25) is 0 Å². The predicted octanol–water partition coefficient (Wildman–Crippen LogP) is 7.29. The van der Waals surface area contributed by atoms with Gasteiger partial charge in [0.25, 0.3) is 11.8 Å². The fourth-order valence-electron chi connectivity index (χ4n) is 4.34. The number of halogens is 2. The standard InChI is InChI=1S/C31H22Cl2N2O3S/c1-2-6-23-15-19(12-14-27(23)38-18-20-11-13-21-7-3-4-8-22(21)16-20)17-24-29(36)34-31(39)35(30(24)37)26-10-5-9-25(32)28(26)33/h2-5,7-17H,1,6,18H2,(H,34,36,39)/b24-17+. The third-order valence-electron chi connectivity index (χ3n) is 6.24. The molecule has 0 bridgehead atoms. The maximum absolute atomic E-state index is 13.4. The second-order valence-corrected chi connectivity index (χ2v) is 10.0. The zero-order chi connectivity index (χ0) is 27.5. The van der Waals surface area contributed by atoms with Crippen molar-refractivity contribution in [1.82, 2.24) is 5.32 Å². The van der Waals surface area contributed by atoms with Crippen LogP contribution in [0.1, 0.15) is 16.7 Å². The zero-order valence-electron chi connectivity index (χ0n) is 20.6. The Balaban J connectivity index is 1.42. The van der Waals surface area contributed by atoms with Crippen LogP contribution in [0.4, 0.5) is 5.69 Å². The lowest BCUT2D eigenvalue weighted by Gasteiger charge is -2.29. The van der Waals surface area contributed by atoms with Crippen molar-refractivity contribution < 1.29 is 14.3 Å². The number of ether oxygens (including phenoxy) is 1. The Morgan fingerprint density at radius 1 is 0.949 bits per heavy atom. The number of amides is 2. The quantitative estimate of drug-likeness (QED) is 0.109. The number of hydrogen-bond acceptors (Lipinski definition) is 4. The van der Waals surface area contributed by atoms with Gasteiger partial charge in [-0.3, -0.25) is 19.8 Å². The van der Waals surface area contributed by atoms with E-state index < -0.39 is 11.8 Å². The molecule has 2 amide bonds. The van der Waals surface area contributed by atoms with E-state index in [1.54, 1.807) is 30.3 Å². The van der Waals surface area contributed by atoms with Crippen LogP contribution >= 0.6 is 35.4 Å². The van der Waals surface area contributed by atoms with Crippen LogP contribution in [0.5, 0.6) is 5.75 Å². The Morgan fingerprint density at radius 3 is 2.54 bits per heavy atom. The van der Waals surface area contributed by atoms with Crippen molar-refractivity contribution in [2.75, 3.05) is 4.90 Å². The normalized spacial score (nSPS) is 14.6. The maximum atomic E-state index is 13.4. The number of hydrogen-bond donors (Lipinski definition) is 1. The van der Waals surface area contributed by atoms with Crippen LogP contribution in [0, 0.1) is 0 Å². The van der Waals surface area contributed by atoms with E-state index in [1.165, 1.54) is 16.4 Å². The van der Waals surface area contributed by atoms with Crippen LogP contribution in [0.25, 0.3) is 16.8 Å². The molecule has 0 aromatic heterocycles. The summed E-state index contributed by atoms with van der Waals surface area (Å²) < 4.78 is 6.16. The molecule has 0 aliphatic carbocycles. The number of carbonyl (C=O) groups is 2. The lowest BCUT2D eigenvalue weighted by molar-refractivity contribution is -0.122. The fraction of sp³-hybridized carbons (Fsp3) is 0.0645. The van der Waals surface area contributed by atoms with Gasteiger partial charge in [0.1, 0.15) is 17.9 Å². The molecule has 4 aromatic carbocycles. The third kappa shape index (κ3) is 5.59. The molecular formula is C31H22Cl2N2O3S. The lowest BCUT2D eigenvalue weighted by atomic mass is 10.0. The molecule has 1 heterocycles. The number of thiocarbonyl (C=S) groups is 1. The average molecular weight is 574 g/mol. The molecular weight excluding hydrogens is 551 g/mol. The number of nitrogens with zero attached hydrogens (tertiary/aromatic N) is 1. The largest absolute Gasteiger partial charge is 0.489 e. The summed E-state index contributed by atoms with van der Waals surface area (Å²) in [4.78, 5) is 27.3. The number of rotatable bonds is 7. The first-order valence-electron chi connectivity index (χ1n) is 12.1. The molecule has 1 aliphatic rings. The summed E-state index contributed by atoms with van der Waals surface area (Å²) in [6, 6.07) is 24.7. The molecule has 39 heavy (non-hydrogen) atoms. The van der Waals surface area contributed by atoms with Gasteiger partial charge >= 0.3 is 0 Å². The van der Waals surface area contributed by atoms with Gasteiger partial charge in [-0.05, 0) is 82.5 Å². The number of fused-ring (bicyclic) bond motifs is 1. The van der Waals surface area contributed by atoms with Crippen LogP contribution in [-0.4, -0.2) is 16.9 Å². The minimum atomic E-state index is -0.602. The number of carbonyl (C=O) groups excluding carboxylic acids is 2. The average Bonchev–Trinajstić information content (AvgIpc) is 2.93. The van der Waals surface area contributed by atoms with E-state index >= 15 is 0 Å². The molecule has 1 saturated heterocycles. The molecule has 1 aliphatic heterocycles. The first-order valence-corrected chi connectivity index (χ1v) is 13.2. The smallest absolute Gasteiger partial charge is 0.270 e. The van der Waals surface area contributed by atoms with E-state index in [1.807, 2.05) is 30.3 Å². The Hall–Kier alpha value is -3.97. The van der Waals surface area contributed by atoms with Crippen LogP contribution in [0.2, 0.25) is 10.0 Å². The molecule has 1 N–H and O–H groups in total. The lowest BCUT2D eigenvalue weighted by Crippen LogP contribution is -2.54. The molecule has 0 saturated carbocycles. The Bertz CT molecular complexity index is 1680. The first-order chi connectivity index (χ1) is 18.9. The number of allylic oxidation sites excluding steroid dienone is 1. The number of nitrogens with one attached hydrogen (secondary N) is 1. The van der Waals surface area contributed by atoms with Crippen molar-refractivity contribution in [2.45, 2.75) is 13.0 Å². The molecule has 0 spiro atoms. The Kier molecular flexibility index (Phi) is 7.79. The highest BCUT2D eigenvalue weighted by Crippen LogP contribution is 2.34. The van der Waals surface area contributed by atoms with Gasteiger partial charge < -0.3 is 4.74 Å². The molecule has 0 radical (unpaired) electrons. The van der Waals surface area contributed by atoms with Gasteiger partial charge in [-0.2, -0.15) is 0 Å². The molecule has 0 unspecified atom stereocenters.